The van der Waals surface area contributed by atoms with Gasteiger partial charge in [0.25, 0.3) is 5.91 Å². The average molecular weight is 338 g/mol. The Labute approximate surface area is 145 Å². The van der Waals surface area contributed by atoms with Crippen LogP contribution in [0.2, 0.25) is 0 Å². The zero-order valence-corrected chi connectivity index (χ0v) is 13.8. The number of amides is 1. The fourth-order valence-electron chi connectivity index (χ4n) is 2.56. The molecule has 0 spiro atoms. The van der Waals surface area contributed by atoms with Gasteiger partial charge in [-0.3, -0.25) is 9.59 Å². The standard InChI is InChI=1S/C19H18N2O4/c1-24-17-8-7-14(12-22)11-18(17)25-13-19(23)21-10-9-16(20-21)15-5-3-2-4-6-15/h2-8,11-12H,9-10,13H2,1H3. The van der Waals surface area contributed by atoms with E-state index >= 15 is 0 Å². The molecule has 1 amide bonds. The molecule has 2 aromatic rings. The van der Waals surface area contributed by atoms with Crippen molar-refractivity contribution >= 4 is 17.9 Å². The van der Waals surface area contributed by atoms with Crippen LogP contribution in [0.4, 0.5) is 0 Å². The van der Waals surface area contributed by atoms with Crippen LogP contribution in [-0.4, -0.2) is 43.2 Å². The van der Waals surface area contributed by atoms with Gasteiger partial charge in [-0.1, -0.05) is 30.3 Å². The van der Waals surface area contributed by atoms with E-state index in [0.29, 0.717) is 36.3 Å². The van der Waals surface area contributed by atoms with Crippen LogP contribution in [0.3, 0.4) is 0 Å². The molecule has 0 atom stereocenters. The molecular weight excluding hydrogens is 320 g/mol. The summed E-state index contributed by atoms with van der Waals surface area (Å²) in [6, 6.07) is 14.6. The molecule has 0 fully saturated rings. The van der Waals surface area contributed by atoms with Gasteiger partial charge < -0.3 is 9.47 Å². The van der Waals surface area contributed by atoms with Crippen LogP contribution in [0.25, 0.3) is 0 Å². The van der Waals surface area contributed by atoms with Gasteiger partial charge in [-0.25, -0.2) is 5.01 Å². The van der Waals surface area contributed by atoms with Crippen LogP contribution in [0, 0.1) is 0 Å². The minimum atomic E-state index is -0.246. The second-order valence-corrected chi connectivity index (χ2v) is 5.50. The number of rotatable bonds is 6. The van der Waals surface area contributed by atoms with E-state index in [1.807, 2.05) is 30.3 Å². The molecule has 0 saturated heterocycles. The molecule has 6 nitrogen and oxygen atoms in total. The van der Waals surface area contributed by atoms with E-state index in [4.69, 9.17) is 9.47 Å². The van der Waals surface area contributed by atoms with E-state index in [2.05, 4.69) is 5.10 Å². The lowest BCUT2D eigenvalue weighted by molar-refractivity contribution is -0.132. The van der Waals surface area contributed by atoms with Gasteiger partial charge in [0.05, 0.1) is 19.4 Å². The number of carbonyl (C=O) groups is 2. The first-order valence-electron chi connectivity index (χ1n) is 7.90. The maximum absolute atomic E-state index is 12.3. The van der Waals surface area contributed by atoms with Crippen molar-refractivity contribution in [3.05, 3.63) is 59.7 Å². The van der Waals surface area contributed by atoms with Crippen LogP contribution in [0.15, 0.2) is 53.6 Å². The van der Waals surface area contributed by atoms with Gasteiger partial charge >= 0.3 is 0 Å². The van der Waals surface area contributed by atoms with E-state index < -0.39 is 0 Å². The van der Waals surface area contributed by atoms with E-state index in [1.165, 1.54) is 12.1 Å². The van der Waals surface area contributed by atoms with Gasteiger partial charge in [-0.15, -0.1) is 0 Å². The third-order valence-corrected chi connectivity index (χ3v) is 3.87. The summed E-state index contributed by atoms with van der Waals surface area (Å²) in [5.41, 5.74) is 2.35. The molecule has 0 unspecified atom stereocenters. The van der Waals surface area contributed by atoms with Crippen molar-refractivity contribution in [1.29, 1.82) is 0 Å². The second-order valence-electron chi connectivity index (χ2n) is 5.50. The molecule has 0 aliphatic carbocycles. The maximum Gasteiger partial charge on any atom is 0.280 e. The highest BCUT2D eigenvalue weighted by atomic mass is 16.5. The first-order valence-corrected chi connectivity index (χ1v) is 7.90. The Balaban J connectivity index is 1.66. The molecule has 1 heterocycles. The summed E-state index contributed by atoms with van der Waals surface area (Å²) in [7, 11) is 1.50. The van der Waals surface area contributed by atoms with Crippen LogP contribution in [-0.2, 0) is 4.79 Å². The number of hydrogen-bond acceptors (Lipinski definition) is 5. The lowest BCUT2D eigenvalue weighted by Crippen LogP contribution is -2.28. The van der Waals surface area contributed by atoms with Gasteiger partial charge in [0.15, 0.2) is 18.1 Å². The summed E-state index contributed by atoms with van der Waals surface area (Å²) in [5, 5.41) is 5.79. The van der Waals surface area contributed by atoms with Crippen molar-refractivity contribution in [3.63, 3.8) is 0 Å². The van der Waals surface area contributed by atoms with Gasteiger partial charge in [0, 0.05) is 12.0 Å². The molecular formula is C19H18N2O4. The third kappa shape index (κ3) is 3.85. The Morgan fingerprint density at radius 3 is 2.72 bits per heavy atom. The molecule has 6 heteroatoms. The van der Waals surface area contributed by atoms with Crippen molar-refractivity contribution in [2.45, 2.75) is 6.42 Å². The van der Waals surface area contributed by atoms with Crippen molar-refractivity contribution in [1.82, 2.24) is 5.01 Å². The summed E-state index contributed by atoms with van der Waals surface area (Å²) < 4.78 is 10.7. The highest BCUT2D eigenvalue weighted by Crippen LogP contribution is 2.27. The van der Waals surface area contributed by atoms with Gasteiger partial charge in [0.1, 0.15) is 6.29 Å². The molecule has 0 N–H and O–H groups in total. The fraction of sp³-hybridized carbons (Fsp3) is 0.211. The Hall–Kier alpha value is -3.15. The number of hydrogen-bond donors (Lipinski definition) is 0. The zero-order chi connectivity index (χ0) is 17.6. The SMILES string of the molecule is COc1ccc(C=O)cc1OCC(=O)N1CCC(c2ccccc2)=N1. The first kappa shape index (κ1) is 16.7. The Kier molecular flexibility index (Phi) is 5.09. The molecule has 3 rings (SSSR count). The molecule has 0 saturated carbocycles. The average Bonchev–Trinajstić information content (AvgIpc) is 3.17. The van der Waals surface area contributed by atoms with Gasteiger partial charge in [-0.2, -0.15) is 5.10 Å². The molecule has 0 bridgehead atoms. The van der Waals surface area contributed by atoms with Crippen molar-refractivity contribution in [2.24, 2.45) is 5.10 Å². The minimum absolute atomic E-state index is 0.176. The number of carbonyl (C=O) groups excluding carboxylic acids is 2. The topological polar surface area (TPSA) is 68.2 Å². The number of ether oxygens (including phenoxy) is 2. The Bertz CT molecular complexity index is 802. The largest absolute Gasteiger partial charge is 0.493 e. The van der Waals surface area contributed by atoms with E-state index in [-0.39, 0.29) is 12.5 Å². The Morgan fingerprint density at radius 2 is 2.00 bits per heavy atom. The highest BCUT2D eigenvalue weighted by Gasteiger charge is 2.22. The van der Waals surface area contributed by atoms with Crippen LogP contribution >= 0.6 is 0 Å². The van der Waals surface area contributed by atoms with Gasteiger partial charge in [-0.05, 0) is 23.8 Å². The summed E-state index contributed by atoms with van der Waals surface area (Å²) in [6.07, 6.45) is 1.42. The van der Waals surface area contributed by atoms with E-state index in [9.17, 15) is 9.59 Å². The zero-order valence-electron chi connectivity index (χ0n) is 13.8. The molecule has 1 aliphatic rings. The predicted molar refractivity (Wildman–Crippen MR) is 93.2 cm³/mol. The summed E-state index contributed by atoms with van der Waals surface area (Å²) >= 11 is 0. The number of aldehydes is 1. The number of hydrazone groups is 1. The molecule has 0 radical (unpaired) electrons. The summed E-state index contributed by atoms with van der Waals surface area (Å²) in [6.45, 7) is 0.349. The predicted octanol–water partition coefficient (Wildman–Crippen LogP) is 2.52. The van der Waals surface area contributed by atoms with E-state index in [0.717, 1.165) is 11.3 Å². The summed E-state index contributed by atoms with van der Waals surface area (Å²) in [4.78, 5) is 23.2. The van der Waals surface area contributed by atoms with Crippen molar-refractivity contribution in [2.75, 3.05) is 20.3 Å². The van der Waals surface area contributed by atoms with Crippen LogP contribution in [0.1, 0.15) is 22.3 Å². The van der Waals surface area contributed by atoms with Crippen LogP contribution in [0.5, 0.6) is 11.5 Å². The fourth-order valence-corrected chi connectivity index (χ4v) is 2.56. The number of benzene rings is 2. The van der Waals surface area contributed by atoms with Crippen molar-refractivity contribution in [3.8, 4) is 11.5 Å². The molecule has 2 aromatic carbocycles. The Morgan fingerprint density at radius 1 is 1.20 bits per heavy atom. The lowest BCUT2D eigenvalue weighted by Gasteiger charge is -2.14. The first-order chi connectivity index (χ1) is 12.2. The molecule has 0 aromatic heterocycles. The number of methoxy groups -OCH3 is 1. The van der Waals surface area contributed by atoms with E-state index in [1.54, 1.807) is 18.2 Å². The third-order valence-electron chi connectivity index (χ3n) is 3.87. The second kappa shape index (κ2) is 7.61. The molecule has 1 aliphatic heterocycles. The maximum atomic E-state index is 12.3. The monoisotopic (exact) mass is 338 g/mol. The molecule has 128 valence electrons. The minimum Gasteiger partial charge on any atom is -0.493 e. The highest BCUT2D eigenvalue weighted by molar-refractivity contribution is 6.02. The normalized spacial score (nSPS) is 13.3. The molecule has 25 heavy (non-hydrogen) atoms. The van der Waals surface area contributed by atoms with Crippen molar-refractivity contribution < 1.29 is 19.1 Å². The summed E-state index contributed by atoms with van der Waals surface area (Å²) in [5.74, 6) is 0.574. The van der Waals surface area contributed by atoms with Crippen LogP contribution < -0.4 is 9.47 Å². The quantitative estimate of drug-likeness (QED) is 0.759. The van der Waals surface area contributed by atoms with Gasteiger partial charge in [0.2, 0.25) is 0 Å². The smallest absolute Gasteiger partial charge is 0.280 e. The lowest BCUT2D eigenvalue weighted by atomic mass is 10.1. The number of nitrogens with zero attached hydrogens (tertiary/aromatic N) is 2.